The van der Waals surface area contributed by atoms with Gasteiger partial charge in [-0.1, -0.05) is 28.1 Å². The molecule has 3 rings (SSSR count). The van der Waals surface area contributed by atoms with E-state index in [0.717, 1.165) is 6.42 Å². The second-order valence-corrected chi connectivity index (χ2v) is 4.30. The molecule has 2 atom stereocenters. The lowest BCUT2D eigenvalue weighted by molar-refractivity contribution is 0.373. The van der Waals surface area contributed by atoms with Crippen LogP contribution in [0.5, 0.6) is 0 Å². The third kappa shape index (κ3) is 0.882. The minimum absolute atomic E-state index is 0.422. The second-order valence-electron chi connectivity index (χ2n) is 3.44. The van der Waals surface area contributed by atoms with Crippen LogP contribution in [0.2, 0.25) is 0 Å². The minimum Gasteiger partial charge on any atom is -0.364 e. The van der Waals surface area contributed by atoms with Gasteiger partial charge in [0.05, 0.1) is 6.10 Å². The number of rotatable bonds is 0. The molecule has 1 saturated heterocycles. The molecule has 1 aliphatic carbocycles. The Bertz CT molecular complexity index is 335. The molecular formula is C10H9BrO. The Hall–Kier alpha value is -0.340. The first-order valence-electron chi connectivity index (χ1n) is 4.29. The standard InChI is InChI=1S/C10H9BrO/c11-8-3-1-2-7-6(8)4-5-9-10(7)12-9/h1-3,9-10H,4-5H2. The van der Waals surface area contributed by atoms with E-state index in [1.54, 1.807) is 0 Å². The van der Waals surface area contributed by atoms with Gasteiger partial charge in [0.25, 0.3) is 0 Å². The Labute approximate surface area is 79.9 Å². The maximum absolute atomic E-state index is 5.54. The molecule has 12 heavy (non-hydrogen) atoms. The van der Waals surface area contributed by atoms with Gasteiger partial charge in [-0.15, -0.1) is 0 Å². The van der Waals surface area contributed by atoms with E-state index in [9.17, 15) is 0 Å². The molecule has 1 aromatic carbocycles. The van der Waals surface area contributed by atoms with Gasteiger partial charge in [0, 0.05) is 4.47 Å². The third-order valence-corrected chi connectivity index (χ3v) is 3.47. The lowest BCUT2D eigenvalue weighted by Crippen LogP contribution is -2.04. The summed E-state index contributed by atoms with van der Waals surface area (Å²) in [6.45, 7) is 0. The summed E-state index contributed by atoms with van der Waals surface area (Å²) in [5.41, 5.74) is 2.86. The fourth-order valence-corrected chi connectivity index (χ4v) is 2.61. The van der Waals surface area contributed by atoms with Gasteiger partial charge in [0.1, 0.15) is 6.10 Å². The average Bonchev–Trinajstić information content (AvgIpc) is 2.83. The molecule has 2 aliphatic rings. The van der Waals surface area contributed by atoms with Crippen molar-refractivity contribution in [2.45, 2.75) is 25.0 Å². The average molecular weight is 225 g/mol. The first-order chi connectivity index (χ1) is 5.86. The zero-order chi connectivity index (χ0) is 8.13. The molecule has 0 radical (unpaired) electrons. The molecule has 2 unspecified atom stereocenters. The topological polar surface area (TPSA) is 12.5 Å². The number of hydrogen-bond donors (Lipinski definition) is 0. The predicted octanol–water partition coefficient (Wildman–Crippen LogP) is 2.84. The SMILES string of the molecule is Brc1cccc2c1CCC1OC21. The summed E-state index contributed by atoms with van der Waals surface area (Å²) >= 11 is 3.57. The molecule has 0 aromatic heterocycles. The zero-order valence-electron chi connectivity index (χ0n) is 6.59. The molecule has 0 amide bonds. The van der Waals surface area contributed by atoms with Crippen LogP contribution >= 0.6 is 15.9 Å². The molecule has 1 aliphatic heterocycles. The summed E-state index contributed by atoms with van der Waals surface area (Å²) in [6, 6.07) is 6.39. The molecule has 0 bridgehead atoms. The van der Waals surface area contributed by atoms with E-state index in [2.05, 4.69) is 34.1 Å². The molecular weight excluding hydrogens is 216 g/mol. The fourth-order valence-electron chi connectivity index (χ4n) is 2.03. The van der Waals surface area contributed by atoms with E-state index in [-0.39, 0.29) is 0 Å². The number of ether oxygens (including phenoxy) is 1. The van der Waals surface area contributed by atoms with Crippen molar-refractivity contribution < 1.29 is 4.74 Å². The van der Waals surface area contributed by atoms with Crippen LogP contribution in [0.3, 0.4) is 0 Å². The van der Waals surface area contributed by atoms with Gasteiger partial charge >= 0.3 is 0 Å². The van der Waals surface area contributed by atoms with Gasteiger partial charge in [-0.05, 0) is 30.0 Å². The molecule has 0 N–H and O–H groups in total. The van der Waals surface area contributed by atoms with E-state index in [1.807, 2.05) is 0 Å². The maximum Gasteiger partial charge on any atom is 0.109 e. The highest BCUT2D eigenvalue weighted by atomic mass is 79.9. The monoisotopic (exact) mass is 224 g/mol. The lowest BCUT2D eigenvalue weighted by atomic mass is 9.92. The number of hydrogen-bond acceptors (Lipinski definition) is 1. The summed E-state index contributed by atoms with van der Waals surface area (Å²) in [7, 11) is 0. The Kier molecular flexibility index (Phi) is 1.38. The summed E-state index contributed by atoms with van der Waals surface area (Å²) in [5.74, 6) is 0. The van der Waals surface area contributed by atoms with Crippen LogP contribution in [0.4, 0.5) is 0 Å². The van der Waals surface area contributed by atoms with Crippen molar-refractivity contribution in [3.05, 3.63) is 33.8 Å². The summed E-state index contributed by atoms with van der Waals surface area (Å²) in [5, 5.41) is 0. The van der Waals surface area contributed by atoms with E-state index in [1.165, 1.54) is 22.0 Å². The molecule has 0 spiro atoms. The lowest BCUT2D eigenvalue weighted by Gasteiger charge is -2.12. The Balaban J connectivity index is 2.18. The maximum atomic E-state index is 5.54. The minimum atomic E-state index is 0.422. The van der Waals surface area contributed by atoms with Crippen molar-refractivity contribution >= 4 is 15.9 Å². The largest absolute Gasteiger partial charge is 0.364 e. The van der Waals surface area contributed by atoms with Crippen molar-refractivity contribution in [2.75, 3.05) is 0 Å². The van der Waals surface area contributed by atoms with Crippen LogP contribution in [0.15, 0.2) is 22.7 Å². The third-order valence-electron chi connectivity index (χ3n) is 2.72. The van der Waals surface area contributed by atoms with Gasteiger partial charge in [0.15, 0.2) is 0 Å². The molecule has 1 heterocycles. The Morgan fingerprint density at radius 3 is 3.25 bits per heavy atom. The van der Waals surface area contributed by atoms with Gasteiger partial charge in [-0.3, -0.25) is 0 Å². The van der Waals surface area contributed by atoms with Crippen LogP contribution in [0, 0.1) is 0 Å². The normalized spacial score (nSPS) is 30.8. The Morgan fingerprint density at radius 2 is 2.33 bits per heavy atom. The van der Waals surface area contributed by atoms with Crippen LogP contribution in [-0.2, 0) is 11.2 Å². The highest BCUT2D eigenvalue weighted by Gasteiger charge is 2.44. The number of halogens is 1. The smallest absolute Gasteiger partial charge is 0.109 e. The quantitative estimate of drug-likeness (QED) is 0.618. The van der Waals surface area contributed by atoms with E-state index in [0.29, 0.717) is 12.2 Å². The van der Waals surface area contributed by atoms with Crippen LogP contribution in [-0.4, -0.2) is 6.10 Å². The zero-order valence-corrected chi connectivity index (χ0v) is 8.17. The summed E-state index contributed by atoms with van der Waals surface area (Å²) < 4.78 is 6.78. The second kappa shape index (κ2) is 2.33. The van der Waals surface area contributed by atoms with Gasteiger partial charge in [-0.2, -0.15) is 0 Å². The molecule has 0 saturated carbocycles. The molecule has 1 nitrogen and oxygen atoms in total. The molecule has 1 aromatic rings. The van der Waals surface area contributed by atoms with E-state index >= 15 is 0 Å². The highest BCUT2D eigenvalue weighted by molar-refractivity contribution is 9.10. The predicted molar refractivity (Wildman–Crippen MR) is 50.1 cm³/mol. The molecule has 2 heteroatoms. The summed E-state index contributed by atoms with van der Waals surface area (Å²) in [6.07, 6.45) is 3.32. The van der Waals surface area contributed by atoms with Crippen LogP contribution in [0.25, 0.3) is 0 Å². The van der Waals surface area contributed by atoms with Gasteiger partial charge < -0.3 is 4.74 Å². The summed E-state index contributed by atoms with van der Waals surface area (Å²) in [4.78, 5) is 0. The van der Waals surface area contributed by atoms with E-state index < -0.39 is 0 Å². The first-order valence-corrected chi connectivity index (χ1v) is 5.08. The van der Waals surface area contributed by atoms with Crippen molar-refractivity contribution in [1.29, 1.82) is 0 Å². The number of fused-ring (bicyclic) bond motifs is 3. The van der Waals surface area contributed by atoms with Crippen LogP contribution in [0.1, 0.15) is 23.7 Å². The molecule has 62 valence electrons. The van der Waals surface area contributed by atoms with Crippen molar-refractivity contribution in [1.82, 2.24) is 0 Å². The van der Waals surface area contributed by atoms with Crippen molar-refractivity contribution in [3.8, 4) is 0 Å². The van der Waals surface area contributed by atoms with Crippen LogP contribution < -0.4 is 0 Å². The molecule has 1 fully saturated rings. The number of benzene rings is 1. The highest BCUT2D eigenvalue weighted by Crippen LogP contribution is 2.48. The Morgan fingerprint density at radius 1 is 1.42 bits per heavy atom. The number of epoxide rings is 1. The van der Waals surface area contributed by atoms with Crippen molar-refractivity contribution in [2.24, 2.45) is 0 Å². The van der Waals surface area contributed by atoms with Gasteiger partial charge in [0.2, 0.25) is 0 Å². The first kappa shape index (κ1) is 7.10. The van der Waals surface area contributed by atoms with Crippen molar-refractivity contribution in [3.63, 3.8) is 0 Å². The fraction of sp³-hybridized carbons (Fsp3) is 0.400. The van der Waals surface area contributed by atoms with E-state index in [4.69, 9.17) is 4.74 Å². The van der Waals surface area contributed by atoms with Gasteiger partial charge in [-0.25, -0.2) is 0 Å².